The summed E-state index contributed by atoms with van der Waals surface area (Å²) in [6, 6.07) is 46.8. The molecule has 436 valence electrons. The average molecular weight is 1210 g/mol. The number of piperidine rings is 1. The van der Waals surface area contributed by atoms with E-state index in [1.807, 2.05) is 30.3 Å². The van der Waals surface area contributed by atoms with Crippen LogP contribution in [-0.4, -0.2) is 75.4 Å². The first-order valence-corrected chi connectivity index (χ1v) is 28.9. The maximum absolute atomic E-state index is 15.1. The maximum Gasteiger partial charge on any atom is 0.322 e. The van der Waals surface area contributed by atoms with E-state index in [2.05, 4.69) is 106 Å². The highest BCUT2D eigenvalue weighted by Crippen LogP contribution is 2.30. The summed E-state index contributed by atoms with van der Waals surface area (Å²) < 4.78 is 90.3. The van der Waals surface area contributed by atoms with Crippen LogP contribution in [0.5, 0.6) is 0 Å². The van der Waals surface area contributed by atoms with Crippen LogP contribution in [0.2, 0.25) is 0 Å². The molecule has 83 heavy (non-hydrogen) atoms. The van der Waals surface area contributed by atoms with Crippen molar-refractivity contribution in [3.63, 3.8) is 0 Å². The van der Waals surface area contributed by atoms with Crippen LogP contribution < -0.4 is 20.4 Å². The van der Waals surface area contributed by atoms with Crippen molar-refractivity contribution < 1.29 is 44.8 Å². The van der Waals surface area contributed by atoms with Crippen molar-refractivity contribution in [2.24, 2.45) is 11.8 Å². The molecule has 2 N–H and O–H groups in total. The number of nitrogens with zero attached hydrogens (tertiary/aromatic N) is 7. The minimum atomic E-state index is -2.91. The second-order valence-corrected chi connectivity index (χ2v) is 21.1. The Morgan fingerprint density at radius 1 is 0.542 bits per heavy atom. The Bertz CT molecular complexity index is 3220. The first-order chi connectivity index (χ1) is 40.4. The molecular formula is C63H66BrF6N9O4. The van der Waals surface area contributed by atoms with Crippen molar-refractivity contribution in [2.75, 3.05) is 47.9 Å². The van der Waals surface area contributed by atoms with Gasteiger partial charge >= 0.3 is 24.9 Å². The number of halogens is 7. The van der Waals surface area contributed by atoms with Gasteiger partial charge in [-0.15, -0.1) is 20.4 Å². The molecule has 0 radical (unpaired) electrons. The molecular weight excluding hydrogens is 1140 g/mol. The van der Waals surface area contributed by atoms with E-state index in [4.69, 9.17) is 8.83 Å². The predicted molar refractivity (Wildman–Crippen MR) is 311 cm³/mol. The highest BCUT2D eigenvalue weighted by atomic mass is 79.9. The van der Waals surface area contributed by atoms with Gasteiger partial charge in [0.15, 0.2) is 0 Å². The van der Waals surface area contributed by atoms with E-state index in [-0.39, 0.29) is 59.2 Å². The van der Waals surface area contributed by atoms with E-state index < -0.39 is 36.3 Å². The molecule has 1 aliphatic carbocycles. The van der Waals surface area contributed by atoms with Crippen LogP contribution in [0.25, 0.3) is 22.9 Å². The third-order valence-corrected chi connectivity index (χ3v) is 14.8. The number of benzene rings is 6. The molecule has 2 fully saturated rings. The van der Waals surface area contributed by atoms with Gasteiger partial charge in [0.25, 0.3) is 11.8 Å². The number of likely N-dealkylation sites (tertiary alicyclic amines) is 1. The van der Waals surface area contributed by atoms with Gasteiger partial charge in [-0.3, -0.25) is 9.80 Å². The second kappa shape index (κ2) is 31.6. The van der Waals surface area contributed by atoms with Gasteiger partial charge in [-0.05, 0) is 110 Å². The molecule has 1 aliphatic heterocycles. The second-order valence-electron chi connectivity index (χ2n) is 20.3. The topological polar surface area (TPSA) is 146 Å². The third kappa shape index (κ3) is 18.6. The molecule has 0 unspecified atom stereocenters. The zero-order valence-electron chi connectivity index (χ0n) is 45.8. The molecule has 0 spiro atoms. The first-order valence-electron chi connectivity index (χ1n) is 27.8. The number of nitrogens with one attached hydrogen (secondary N) is 2. The highest BCUT2D eigenvalue weighted by molar-refractivity contribution is 9.09. The SMILES string of the molecule is O=C(NCCBr)N(Cc1ccc(-c2nnc(C(F)F)o2)cc1F)c1ccccc1.O=C(NCCN1CCC(Cc2ccccc2)CC1)N(Cc1ccc(-c2nnc(C(F)F)o2)cc1F)c1ccccc1.c1ccc(CC2CCCCC2)cc1. The summed E-state index contributed by atoms with van der Waals surface area (Å²) in [6.07, 6.45) is 6.12. The summed E-state index contributed by atoms with van der Waals surface area (Å²) in [5, 5.41) is 19.9. The summed E-state index contributed by atoms with van der Waals surface area (Å²) in [5.74, 6) is -1.68. The Morgan fingerprint density at radius 3 is 1.35 bits per heavy atom. The fourth-order valence-electron chi connectivity index (χ4n) is 9.98. The lowest BCUT2D eigenvalue weighted by molar-refractivity contribution is 0.115. The summed E-state index contributed by atoms with van der Waals surface area (Å²) >= 11 is 3.24. The Morgan fingerprint density at radius 2 is 0.952 bits per heavy atom. The summed E-state index contributed by atoms with van der Waals surface area (Å²) in [4.78, 5) is 31.1. The van der Waals surface area contributed by atoms with Crippen LogP contribution in [0.1, 0.15) is 91.8 Å². The standard InChI is InChI=1S/C31H32F3N5O2.C19H16BrF3N4O2.C13H18/c32-27-20-24(29-36-37-30(41-29)28(33)34)11-12-25(27)21-39(26-9-5-2-6-10-26)31(40)35-15-18-38-16-13-23(14-17-38)19-22-7-3-1-4-8-22;20-8-9-24-19(28)27(14-4-2-1-3-5-14)11-13-7-6-12(10-15(13)21)17-25-26-18(29-17)16(22)23;1-3-7-12(8-4-1)11-13-9-5-2-6-10-13/h1-12,20,23,28H,13-19,21H2,(H,35,40);1-7,10,16H,8-9,11H2,(H,24,28);1,3-4,7-8,13H,2,5-6,9-11H2. The monoisotopic (exact) mass is 1210 g/mol. The molecule has 0 bridgehead atoms. The summed E-state index contributed by atoms with van der Waals surface area (Å²) in [5.41, 5.74) is 4.95. The number of para-hydroxylation sites is 2. The van der Waals surface area contributed by atoms with Crippen molar-refractivity contribution >= 4 is 39.4 Å². The number of carbonyl (C=O) groups excluding carboxylic acids is 2. The van der Waals surface area contributed by atoms with E-state index in [1.165, 1.54) is 83.7 Å². The van der Waals surface area contributed by atoms with Crippen LogP contribution in [0.15, 0.2) is 167 Å². The number of aromatic nitrogens is 4. The number of hydrogen-bond acceptors (Lipinski definition) is 9. The fraction of sp³-hybridized carbons (Fsp3) is 0.333. The number of urea groups is 2. The van der Waals surface area contributed by atoms with Gasteiger partial charge in [-0.25, -0.2) is 18.4 Å². The Hall–Kier alpha value is -7.84. The van der Waals surface area contributed by atoms with Crippen LogP contribution in [0.4, 0.5) is 47.3 Å². The molecule has 0 atom stereocenters. The van der Waals surface area contributed by atoms with Crippen molar-refractivity contribution in [3.05, 3.63) is 203 Å². The van der Waals surface area contributed by atoms with Gasteiger partial charge < -0.3 is 24.4 Å². The quantitative estimate of drug-likeness (QED) is 0.0597. The van der Waals surface area contributed by atoms with E-state index in [0.29, 0.717) is 35.7 Å². The normalized spacial score (nSPS) is 13.8. The predicted octanol–water partition coefficient (Wildman–Crippen LogP) is 15.2. The summed E-state index contributed by atoms with van der Waals surface area (Å²) in [7, 11) is 0. The van der Waals surface area contributed by atoms with Gasteiger partial charge in [0, 0.05) is 58.6 Å². The van der Waals surface area contributed by atoms with Crippen LogP contribution >= 0.6 is 15.9 Å². The van der Waals surface area contributed by atoms with Crippen molar-refractivity contribution in [1.29, 1.82) is 0 Å². The molecule has 3 heterocycles. The van der Waals surface area contributed by atoms with Crippen LogP contribution in [-0.2, 0) is 25.9 Å². The lowest BCUT2D eigenvalue weighted by Crippen LogP contribution is -2.44. The van der Waals surface area contributed by atoms with Gasteiger partial charge in [-0.2, -0.15) is 17.6 Å². The number of hydrogen-bond donors (Lipinski definition) is 2. The number of carbonyl (C=O) groups is 2. The van der Waals surface area contributed by atoms with Gasteiger partial charge in [0.05, 0.1) is 13.1 Å². The number of anilines is 2. The molecule has 10 rings (SSSR count). The molecule has 1 saturated heterocycles. The van der Waals surface area contributed by atoms with E-state index >= 15 is 4.39 Å². The molecule has 2 aliphatic rings. The van der Waals surface area contributed by atoms with Crippen LogP contribution in [0.3, 0.4) is 0 Å². The molecule has 1 saturated carbocycles. The van der Waals surface area contributed by atoms with E-state index in [0.717, 1.165) is 56.9 Å². The van der Waals surface area contributed by atoms with Crippen LogP contribution in [0, 0.1) is 23.5 Å². The van der Waals surface area contributed by atoms with E-state index in [1.54, 1.807) is 36.4 Å². The first kappa shape index (κ1) is 61.2. The largest absolute Gasteiger partial charge is 0.415 e. The highest BCUT2D eigenvalue weighted by Gasteiger charge is 2.25. The molecule has 8 aromatic rings. The minimum absolute atomic E-state index is 0.0288. The van der Waals surface area contributed by atoms with E-state index in [9.17, 15) is 31.5 Å². The smallest absolute Gasteiger partial charge is 0.322 e. The molecule has 2 aromatic heterocycles. The van der Waals surface area contributed by atoms with Crippen molar-refractivity contribution in [3.8, 4) is 22.9 Å². The number of rotatable bonds is 19. The third-order valence-electron chi connectivity index (χ3n) is 14.4. The number of alkyl halides is 5. The molecule has 4 amide bonds. The van der Waals surface area contributed by atoms with Gasteiger partial charge in [0.1, 0.15) is 11.6 Å². The fourth-order valence-corrected chi connectivity index (χ4v) is 10.2. The maximum atomic E-state index is 15.1. The Labute approximate surface area is 487 Å². The van der Waals surface area contributed by atoms with Crippen molar-refractivity contribution in [1.82, 2.24) is 35.9 Å². The lowest BCUT2D eigenvalue weighted by Gasteiger charge is -2.32. The zero-order chi connectivity index (χ0) is 58.3. The molecule has 13 nitrogen and oxygen atoms in total. The average Bonchev–Trinajstić information content (AvgIpc) is 4.23. The Kier molecular flexibility index (Phi) is 23.3. The molecule has 20 heteroatoms. The zero-order valence-corrected chi connectivity index (χ0v) is 47.3. The minimum Gasteiger partial charge on any atom is -0.415 e. The van der Waals surface area contributed by atoms with Gasteiger partial charge in [-0.1, -0.05) is 157 Å². The van der Waals surface area contributed by atoms with Gasteiger partial charge in [0.2, 0.25) is 11.8 Å². The molecule has 6 aromatic carbocycles. The lowest BCUT2D eigenvalue weighted by atomic mass is 9.85. The summed E-state index contributed by atoms with van der Waals surface area (Å²) in [6.45, 7) is 3.54. The van der Waals surface area contributed by atoms with Crippen molar-refractivity contribution in [2.45, 2.75) is 83.7 Å². The Balaban J connectivity index is 0.000000185. The number of amides is 4.